The molecule has 12 rings (SSSR count). The largest absolute Gasteiger partial charge is 0.350 e. The molecule has 58 heavy (non-hydrogen) atoms. The summed E-state index contributed by atoms with van der Waals surface area (Å²) in [6.07, 6.45) is -0.468. The summed E-state index contributed by atoms with van der Waals surface area (Å²) in [5.41, 5.74) is 9.22. The van der Waals surface area contributed by atoms with Gasteiger partial charge in [0, 0.05) is 42.1 Å². The third kappa shape index (κ3) is 5.36. The molecule has 11 aromatic rings. The van der Waals surface area contributed by atoms with Crippen molar-refractivity contribution >= 4 is 80.7 Å². The standard InChI is InChI=1S/C53H36N4S/c1-2-14-34(15-3-1)51-54-52(38-26-25-33-13-4-5-16-35(33)29-38)56-53(55-51)39-27-28-46(44(31-39)41-21-12-24-49-50(41)42-20-9-11-23-48(42)58-49)57-45-22-10-8-19-40(45)43-30-36-17-6-7-18-37(36)32-47(43)57/h1-32,51,53,55H,(H,54,56). The molecule has 0 bridgehead atoms. The number of fused-ring (bicyclic) bond motifs is 8. The van der Waals surface area contributed by atoms with E-state index >= 15 is 0 Å². The number of aromatic nitrogens is 1. The van der Waals surface area contributed by atoms with Crippen LogP contribution < -0.4 is 10.6 Å². The first kappa shape index (κ1) is 33.1. The summed E-state index contributed by atoms with van der Waals surface area (Å²) in [4.78, 5) is 5.46. The minimum atomic E-state index is -0.318. The fraction of sp³-hybridized carbons (Fsp3) is 0.0377. The van der Waals surface area contributed by atoms with E-state index in [4.69, 9.17) is 4.99 Å². The lowest BCUT2D eigenvalue weighted by Gasteiger charge is -2.32. The van der Waals surface area contributed by atoms with Crippen LogP contribution in [-0.4, -0.2) is 10.4 Å². The molecule has 0 spiro atoms. The van der Waals surface area contributed by atoms with E-state index in [0.29, 0.717) is 0 Å². The van der Waals surface area contributed by atoms with Crippen LogP contribution in [0.15, 0.2) is 199 Å². The zero-order valence-electron chi connectivity index (χ0n) is 31.4. The minimum Gasteiger partial charge on any atom is -0.350 e. The van der Waals surface area contributed by atoms with Crippen molar-refractivity contribution < 1.29 is 0 Å². The van der Waals surface area contributed by atoms with E-state index in [1.165, 1.54) is 74.6 Å². The van der Waals surface area contributed by atoms with Gasteiger partial charge in [0.05, 0.1) is 16.7 Å². The predicted molar refractivity (Wildman–Crippen MR) is 245 cm³/mol. The molecular weight excluding hydrogens is 725 g/mol. The number of amidine groups is 1. The second-order valence-electron chi connectivity index (χ2n) is 15.2. The maximum Gasteiger partial charge on any atom is 0.131 e. The Bertz CT molecular complexity index is 3430. The van der Waals surface area contributed by atoms with E-state index in [0.717, 1.165) is 28.2 Å². The highest BCUT2D eigenvalue weighted by molar-refractivity contribution is 7.25. The molecule has 2 N–H and O–H groups in total. The van der Waals surface area contributed by atoms with E-state index in [1.807, 2.05) is 11.3 Å². The Morgan fingerprint density at radius 3 is 2.03 bits per heavy atom. The summed E-state index contributed by atoms with van der Waals surface area (Å²) in [7, 11) is 0. The van der Waals surface area contributed by atoms with Crippen molar-refractivity contribution in [3.63, 3.8) is 0 Å². The lowest BCUT2D eigenvalue weighted by molar-refractivity contribution is 0.409. The normalized spacial score (nSPS) is 15.8. The van der Waals surface area contributed by atoms with Gasteiger partial charge in [-0.15, -0.1) is 11.3 Å². The van der Waals surface area contributed by atoms with Crippen LogP contribution in [0.1, 0.15) is 29.0 Å². The molecule has 2 atom stereocenters. The molecule has 274 valence electrons. The van der Waals surface area contributed by atoms with Gasteiger partial charge in [-0.25, -0.2) is 4.99 Å². The van der Waals surface area contributed by atoms with Crippen molar-refractivity contribution in [2.24, 2.45) is 4.99 Å². The molecule has 4 nitrogen and oxygen atoms in total. The number of para-hydroxylation sites is 1. The van der Waals surface area contributed by atoms with Crippen LogP contribution in [0.4, 0.5) is 0 Å². The summed E-state index contributed by atoms with van der Waals surface area (Å²) in [5.74, 6) is 0.870. The van der Waals surface area contributed by atoms with Gasteiger partial charge >= 0.3 is 0 Å². The Balaban J connectivity index is 1.12. The van der Waals surface area contributed by atoms with Crippen LogP contribution in [0.3, 0.4) is 0 Å². The summed E-state index contributed by atoms with van der Waals surface area (Å²) >= 11 is 1.86. The van der Waals surface area contributed by atoms with Gasteiger partial charge in [0.2, 0.25) is 0 Å². The molecule has 3 heterocycles. The number of hydrogen-bond donors (Lipinski definition) is 2. The Morgan fingerprint density at radius 2 is 1.17 bits per heavy atom. The van der Waals surface area contributed by atoms with Crippen molar-refractivity contribution in [2.75, 3.05) is 0 Å². The fourth-order valence-corrected chi connectivity index (χ4v) is 10.2. The molecule has 0 radical (unpaired) electrons. The Morgan fingerprint density at radius 1 is 0.466 bits per heavy atom. The van der Waals surface area contributed by atoms with Gasteiger partial charge in [0.15, 0.2) is 0 Å². The van der Waals surface area contributed by atoms with E-state index < -0.39 is 0 Å². The van der Waals surface area contributed by atoms with E-state index in [9.17, 15) is 0 Å². The lowest BCUT2D eigenvalue weighted by atomic mass is 9.95. The predicted octanol–water partition coefficient (Wildman–Crippen LogP) is 13.5. The smallest absolute Gasteiger partial charge is 0.131 e. The Hall–Kier alpha value is -7.05. The van der Waals surface area contributed by atoms with Gasteiger partial charge in [0.1, 0.15) is 18.2 Å². The average molecular weight is 761 g/mol. The molecule has 5 heteroatoms. The molecule has 0 fully saturated rings. The first-order chi connectivity index (χ1) is 28.7. The highest BCUT2D eigenvalue weighted by atomic mass is 32.1. The second kappa shape index (κ2) is 13.3. The number of nitrogens with zero attached hydrogens (tertiary/aromatic N) is 2. The van der Waals surface area contributed by atoms with Crippen LogP contribution in [0.25, 0.3) is 80.3 Å². The van der Waals surface area contributed by atoms with Gasteiger partial charge < -0.3 is 9.88 Å². The van der Waals surface area contributed by atoms with Crippen molar-refractivity contribution in [2.45, 2.75) is 12.3 Å². The third-order valence-corrected chi connectivity index (χ3v) is 13.0. The Labute approximate surface area is 339 Å². The van der Waals surface area contributed by atoms with Crippen molar-refractivity contribution in [1.29, 1.82) is 0 Å². The van der Waals surface area contributed by atoms with E-state index in [2.05, 4.69) is 209 Å². The topological polar surface area (TPSA) is 41.4 Å². The van der Waals surface area contributed by atoms with Gasteiger partial charge in [-0.05, 0) is 86.8 Å². The van der Waals surface area contributed by atoms with Gasteiger partial charge in [0.25, 0.3) is 0 Å². The second-order valence-corrected chi connectivity index (χ2v) is 16.3. The molecule has 0 amide bonds. The lowest BCUT2D eigenvalue weighted by Crippen LogP contribution is -2.44. The molecule has 2 unspecified atom stereocenters. The summed E-state index contributed by atoms with van der Waals surface area (Å²) in [6.45, 7) is 0. The molecule has 0 saturated heterocycles. The van der Waals surface area contributed by atoms with Crippen LogP contribution >= 0.6 is 11.3 Å². The fourth-order valence-electron chi connectivity index (χ4n) is 9.08. The number of thiophene rings is 1. The zero-order chi connectivity index (χ0) is 38.2. The molecule has 1 aliphatic heterocycles. The number of benzene rings is 9. The Kier molecular flexibility index (Phi) is 7.58. The van der Waals surface area contributed by atoms with Gasteiger partial charge in [-0.1, -0.05) is 146 Å². The maximum atomic E-state index is 5.46. The van der Waals surface area contributed by atoms with Gasteiger partial charge in [-0.2, -0.15) is 0 Å². The number of hydrogen-bond acceptors (Lipinski definition) is 4. The first-order valence-electron chi connectivity index (χ1n) is 19.8. The number of nitrogens with one attached hydrogen (secondary N) is 2. The van der Waals surface area contributed by atoms with Gasteiger partial charge in [-0.3, -0.25) is 5.32 Å². The highest BCUT2D eigenvalue weighted by Gasteiger charge is 2.27. The maximum absolute atomic E-state index is 5.46. The van der Waals surface area contributed by atoms with Crippen LogP contribution in [-0.2, 0) is 0 Å². The van der Waals surface area contributed by atoms with Crippen LogP contribution in [0.2, 0.25) is 0 Å². The zero-order valence-corrected chi connectivity index (χ0v) is 32.2. The van der Waals surface area contributed by atoms with Crippen LogP contribution in [0, 0.1) is 0 Å². The van der Waals surface area contributed by atoms with E-state index in [-0.39, 0.29) is 12.3 Å². The molecule has 0 saturated carbocycles. The summed E-state index contributed by atoms with van der Waals surface area (Å²) in [6, 6.07) is 70.6. The third-order valence-electron chi connectivity index (χ3n) is 11.8. The number of aliphatic imine (C=N–C) groups is 1. The van der Waals surface area contributed by atoms with E-state index in [1.54, 1.807) is 0 Å². The molecule has 1 aliphatic rings. The average Bonchev–Trinajstić information content (AvgIpc) is 3.83. The monoisotopic (exact) mass is 760 g/mol. The van der Waals surface area contributed by atoms with Crippen molar-refractivity contribution in [1.82, 2.24) is 15.2 Å². The minimum absolute atomic E-state index is 0.150. The highest BCUT2D eigenvalue weighted by Crippen LogP contribution is 2.44. The van der Waals surface area contributed by atoms with Crippen LogP contribution in [0.5, 0.6) is 0 Å². The molecule has 0 aliphatic carbocycles. The van der Waals surface area contributed by atoms with Crippen molar-refractivity contribution in [3.05, 3.63) is 211 Å². The summed E-state index contributed by atoms with van der Waals surface area (Å²) in [5, 5.41) is 17.6. The number of rotatable bonds is 5. The molecule has 9 aromatic carbocycles. The molecule has 2 aromatic heterocycles. The first-order valence-corrected chi connectivity index (χ1v) is 20.7. The quantitative estimate of drug-likeness (QED) is 0.183. The van der Waals surface area contributed by atoms with Crippen molar-refractivity contribution in [3.8, 4) is 16.8 Å². The summed E-state index contributed by atoms with van der Waals surface area (Å²) < 4.78 is 5.06. The SMILES string of the molecule is c1ccc(C2NC(c3ccc4ccccc4c3)=NC(c3ccc(-n4c5ccccc5c5cc6ccccc6cc54)c(-c4cccc5sc6ccccc6c45)c3)N2)cc1. The molecular formula is C53H36N4S.